The molecule has 0 saturated carbocycles. The second-order valence-electron chi connectivity index (χ2n) is 13.7. The summed E-state index contributed by atoms with van der Waals surface area (Å²) in [7, 11) is 24.2. The maximum atomic E-state index is 5.91. The van der Waals surface area contributed by atoms with Gasteiger partial charge in [-0.1, -0.05) is 20.8 Å². The van der Waals surface area contributed by atoms with E-state index >= 15 is 0 Å². The Morgan fingerprint density at radius 1 is 0.500 bits per heavy atom. The smallest absolute Gasteiger partial charge is 0.266 e. The van der Waals surface area contributed by atoms with Crippen LogP contribution >= 0.6 is 30.5 Å². The number of hydrogen-bond acceptors (Lipinski definition) is 1. The van der Waals surface area contributed by atoms with Crippen molar-refractivity contribution in [2.45, 2.75) is 46.6 Å². The molecule has 0 saturated heterocycles. The predicted molar refractivity (Wildman–Crippen MR) is 186 cm³/mol. The molecule has 0 unspecified atom stereocenters. The molecule has 0 aliphatic heterocycles. The molecular weight excluding hydrogens is 580 g/mol. The number of hydrogen-bond donors (Lipinski definition) is 0. The lowest BCUT2D eigenvalue weighted by atomic mass is 9.82. The summed E-state index contributed by atoms with van der Waals surface area (Å²) in [6.07, 6.45) is 0.892. The minimum Gasteiger partial charge on any atom is -0.266 e. The van der Waals surface area contributed by atoms with E-state index in [-0.39, 0.29) is 5.41 Å². The van der Waals surface area contributed by atoms with Crippen LogP contribution in [-0.4, -0.2) is 156 Å². The summed E-state index contributed by atoms with van der Waals surface area (Å²) in [6, 6.07) is 0. The maximum Gasteiger partial charge on any atom is 0.305 e. The molecule has 0 aromatic rings. The van der Waals surface area contributed by atoms with Gasteiger partial charge in [-0.2, -0.15) is 13.5 Å². The highest BCUT2D eigenvalue weighted by Gasteiger charge is 2.40. The van der Waals surface area contributed by atoms with Crippen molar-refractivity contribution in [1.82, 2.24) is 37.4 Å². The van der Waals surface area contributed by atoms with Crippen molar-refractivity contribution in [2.75, 3.05) is 113 Å². The van der Waals surface area contributed by atoms with Crippen LogP contribution in [0.4, 0.5) is 0 Å². The van der Waals surface area contributed by atoms with Crippen LogP contribution in [0.3, 0.4) is 0 Å². The SMILES string of the molecule is CN(C)[PH](=NP(=NC(C)(C)CC(C)(C)C)(N=P(N(C)C)(N(C)C)N(C)C)N=P(N(C)C)(N(C)C)N(C)C)N(C)C. The van der Waals surface area contributed by atoms with E-state index in [0.717, 1.165) is 6.42 Å². The topological polar surface area (TPSA) is 75.4 Å². The number of rotatable bonds is 13. The quantitative estimate of drug-likeness (QED) is 0.203. The monoisotopic (exact) mass is 646 g/mol. The zero-order valence-electron chi connectivity index (χ0n) is 29.9. The lowest BCUT2D eigenvalue weighted by molar-refractivity contribution is 0.290. The molecule has 12 nitrogen and oxygen atoms in total. The molecule has 0 rings (SSSR count). The molecule has 0 atom stereocenters. The van der Waals surface area contributed by atoms with E-state index < -0.39 is 36.1 Å². The van der Waals surface area contributed by atoms with E-state index in [1.165, 1.54) is 0 Å². The molecule has 0 amide bonds. The molecule has 0 aliphatic rings. The summed E-state index contributed by atoms with van der Waals surface area (Å²) >= 11 is 0. The van der Waals surface area contributed by atoms with E-state index in [1.54, 1.807) is 0 Å². The summed E-state index contributed by atoms with van der Waals surface area (Å²) in [5.41, 5.74) is -0.331. The largest absolute Gasteiger partial charge is 0.305 e. The third-order valence-electron chi connectivity index (χ3n) is 6.09. The molecule has 0 aliphatic carbocycles. The Morgan fingerprint density at radius 3 is 0.975 bits per heavy atom. The van der Waals surface area contributed by atoms with E-state index in [4.69, 9.17) is 18.3 Å². The van der Waals surface area contributed by atoms with Crippen LogP contribution in [0.1, 0.15) is 41.0 Å². The normalized spacial score (nSPS) is 14.8. The zero-order valence-corrected chi connectivity index (χ0v) is 33.6. The van der Waals surface area contributed by atoms with E-state index in [1.807, 2.05) is 0 Å². The first-order valence-electron chi connectivity index (χ1n) is 13.7. The summed E-state index contributed by atoms with van der Waals surface area (Å²) in [4.78, 5) is 0. The molecule has 0 aromatic carbocycles. The fourth-order valence-corrected chi connectivity index (χ4v) is 22.2. The van der Waals surface area contributed by atoms with Crippen LogP contribution in [-0.2, 0) is 0 Å². The van der Waals surface area contributed by atoms with Gasteiger partial charge in [-0.15, -0.1) is 0 Å². The molecule has 0 radical (unpaired) electrons. The summed E-state index contributed by atoms with van der Waals surface area (Å²) < 4.78 is 41.3. The standard InChI is InChI=1S/C24H66N12P4/c1-23(2,3)22-24(4,5)25-38(26-37(29(6)7)30(8)9,27-39(31(10)11,32(12)13)33(14)15)28-40(34(16)17,35(18)19)36(20)21/h37H,22H2,1-21H3. The van der Waals surface area contributed by atoms with Gasteiger partial charge in [0.05, 0.1) is 13.6 Å². The van der Waals surface area contributed by atoms with E-state index in [9.17, 15) is 0 Å². The van der Waals surface area contributed by atoms with Crippen molar-refractivity contribution in [2.24, 2.45) is 23.7 Å². The van der Waals surface area contributed by atoms with Gasteiger partial charge in [-0.05, 0) is 138 Å². The summed E-state index contributed by atoms with van der Waals surface area (Å²) in [6.45, 7) is 11.3. The van der Waals surface area contributed by atoms with Crippen molar-refractivity contribution >= 4 is 30.5 Å². The van der Waals surface area contributed by atoms with Gasteiger partial charge in [0, 0.05) is 0 Å². The second-order valence-corrected chi connectivity index (χ2v) is 26.6. The molecule has 40 heavy (non-hydrogen) atoms. The van der Waals surface area contributed by atoms with Crippen LogP contribution in [0.5, 0.6) is 0 Å². The Kier molecular flexibility index (Phi) is 15.3. The van der Waals surface area contributed by atoms with Gasteiger partial charge < -0.3 is 0 Å². The Hall–Kier alpha value is 0.600. The van der Waals surface area contributed by atoms with Crippen LogP contribution in [0.25, 0.3) is 0 Å². The van der Waals surface area contributed by atoms with Crippen molar-refractivity contribution < 1.29 is 0 Å². The van der Waals surface area contributed by atoms with Crippen LogP contribution in [0.2, 0.25) is 0 Å². The molecule has 0 fully saturated rings. The fourth-order valence-electron chi connectivity index (χ4n) is 5.46. The molecule has 0 N–H and O–H groups in total. The van der Waals surface area contributed by atoms with E-state index in [0.29, 0.717) is 0 Å². The minimum absolute atomic E-state index is 0.0767. The highest BCUT2D eigenvalue weighted by Crippen LogP contribution is 2.76. The van der Waals surface area contributed by atoms with Gasteiger partial charge in [-0.3, -0.25) is 37.4 Å². The van der Waals surface area contributed by atoms with Gasteiger partial charge in [-0.25, -0.2) is 4.74 Å². The van der Waals surface area contributed by atoms with Gasteiger partial charge in [0.25, 0.3) is 0 Å². The first-order valence-corrected chi connectivity index (χ1v) is 19.8. The Labute approximate surface area is 250 Å². The molecule has 0 bridgehead atoms. The fraction of sp³-hybridized carbons (Fsp3) is 1.00. The maximum absolute atomic E-state index is 5.91. The average molecular weight is 647 g/mol. The number of nitrogens with zero attached hydrogens (tertiary/aromatic N) is 12. The summed E-state index contributed by atoms with van der Waals surface area (Å²) in [5.74, 6) is 0. The zero-order chi connectivity index (χ0) is 32.2. The lowest BCUT2D eigenvalue weighted by Gasteiger charge is -2.44. The third kappa shape index (κ3) is 10.1. The van der Waals surface area contributed by atoms with Crippen molar-refractivity contribution in [3.05, 3.63) is 0 Å². The minimum atomic E-state index is -3.12. The highest BCUT2D eigenvalue weighted by molar-refractivity contribution is 7.79. The second kappa shape index (κ2) is 15.1. The summed E-state index contributed by atoms with van der Waals surface area (Å²) in [5, 5.41) is 0. The van der Waals surface area contributed by atoms with E-state index in [2.05, 4.69) is 185 Å². The van der Waals surface area contributed by atoms with Crippen LogP contribution in [0, 0.1) is 5.41 Å². The van der Waals surface area contributed by atoms with Crippen molar-refractivity contribution in [1.29, 1.82) is 0 Å². The molecule has 242 valence electrons. The highest BCUT2D eigenvalue weighted by atomic mass is 31.2. The molecule has 0 aromatic heterocycles. The predicted octanol–water partition coefficient (Wildman–Crippen LogP) is 6.76. The molecule has 0 spiro atoms. The third-order valence-corrected chi connectivity index (χ3v) is 20.6. The van der Waals surface area contributed by atoms with Gasteiger partial charge in [0.2, 0.25) is 0 Å². The Morgan fingerprint density at radius 2 is 0.775 bits per heavy atom. The van der Waals surface area contributed by atoms with Gasteiger partial charge in [0.15, 0.2) is 15.0 Å². The van der Waals surface area contributed by atoms with Crippen molar-refractivity contribution in [3.8, 4) is 0 Å². The molecule has 16 heteroatoms. The van der Waals surface area contributed by atoms with Gasteiger partial charge in [0.1, 0.15) is 0 Å². The van der Waals surface area contributed by atoms with Gasteiger partial charge >= 0.3 is 7.51 Å². The first kappa shape index (κ1) is 40.6. The molecule has 0 heterocycles. The first-order chi connectivity index (χ1) is 17.7. The van der Waals surface area contributed by atoms with Crippen LogP contribution < -0.4 is 0 Å². The Balaban J connectivity index is 9.17. The van der Waals surface area contributed by atoms with Crippen LogP contribution in [0.15, 0.2) is 18.3 Å². The Bertz CT molecular complexity index is 904. The lowest BCUT2D eigenvalue weighted by Crippen LogP contribution is -2.31. The molecular formula is C24H66N12P4. The van der Waals surface area contributed by atoms with Crippen molar-refractivity contribution in [3.63, 3.8) is 0 Å². The average Bonchev–Trinajstić information content (AvgIpc) is 2.70.